The van der Waals surface area contributed by atoms with Crippen LogP contribution < -0.4 is 5.30 Å². The molecule has 0 saturated carbocycles. The summed E-state index contributed by atoms with van der Waals surface area (Å²) in [6.07, 6.45) is 0.989. The Morgan fingerprint density at radius 3 is 0.907 bits per heavy atom. The second-order valence-corrected chi connectivity index (χ2v) is 24.7. The van der Waals surface area contributed by atoms with E-state index in [1.165, 1.54) is 94.3 Å². The molecule has 2 heteroatoms. The minimum absolute atomic E-state index is 0.0487. The Labute approximate surface area is 449 Å². The van der Waals surface area contributed by atoms with Crippen LogP contribution in [0.5, 0.6) is 0 Å². The van der Waals surface area contributed by atoms with Crippen LogP contribution in [0.2, 0.25) is 0 Å². The van der Waals surface area contributed by atoms with Gasteiger partial charge in [0.05, 0.1) is 0 Å². The van der Waals surface area contributed by atoms with Crippen molar-refractivity contribution in [2.45, 2.75) is 115 Å². The third-order valence-electron chi connectivity index (χ3n) is 16.0. The van der Waals surface area contributed by atoms with Crippen LogP contribution in [0.1, 0.15) is 182 Å². The molecule has 376 valence electrons. The summed E-state index contributed by atoms with van der Waals surface area (Å²) in [5.41, 5.74) is 20.9. The number of benzene rings is 9. The number of carbonyl (C=O) groups is 1. The smallest absolute Gasteiger partial charge is 0.134 e. The van der Waals surface area contributed by atoms with Crippen molar-refractivity contribution in [3.63, 3.8) is 0 Å². The van der Waals surface area contributed by atoms with Gasteiger partial charge in [-0.15, -0.1) is 0 Å². The number of carbonyl (C=O) groups excluding carboxylic acids is 1. The largest absolute Gasteiger partial charge is 0.300 e. The van der Waals surface area contributed by atoms with Gasteiger partial charge in [-0.25, -0.2) is 0 Å². The van der Waals surface area contributed by atoms with E-state index in [1.54, 1.807) is 0 Å². The van der Waals surface area contributed by atoms with Crippen molar-refractivity contribution in [1.82, 2.24) is 0 Å². The lowest BCUT2D eigenvalue weighted by molar-refractivity contribution is -0.119. The van der Waals surface area contributed by atoms with Crippen LogP contribution in [-0.4, -0.2) is 5.78 Å². The fourth-order valence-corrected chi connectivity index (χ4v) is 16.2. The number of Topliss-reactive ketones (excluding diaryl/α,β-unsaturated/α-hetero) is 1. The molecule has 9 aromatic rings. The first-order valence-corrected chi connectivity index (χ1v) is 29.0. The molecule has 1 fully saturated rings. The molecule has 0 aromatic heterocycles. The van der Waals surface area contributed by atoms with Crippen molar-refractivity contribution in [1.29, 1.82) is 0 Å². The summed E-state index contributed by atoms with van der Waals surface area (Å²) in [5, 5.41) is 1.44. The maximum absolute atomic E-state index is 15.0. The Bertz CT molecular complexity index is 3060. The van der Waals surface area contributed by atoms with Gasteiger partial charge in [0.1, 0.15) is 5.78 Å². The van der Waals surface area contributed by atoms with Crippen molar-refractivity contribution < 1.29 is 4.79 Å². The zero-order valence-electron chi connectivity index (χ0n) is 45.3. The topological polar surface area (TPSA) is 17.1 Å². The number of hydrogen-bond acceptors (Lipinski definition) is 1. The molecule has 1 nitrogen and oxygen atoms in total. The summed E-state index contributed by atoms with van der Waals surface area (Å²) < 4.78 is 0. The Kier molecular flexibility index (Phi) is 15.7. The van der Waals surface area contributed by atoms with Gasteiger partial charge in [0.2, 0.25) is 0 Å². The monoisotopic (exact) mass is 997 g/mol. The second-order valence-electron chi connectivity index (χ2n) is 22.2. The molecule has 1 aliphatic heterocycles. The van der Waals surface area contributed by atoms with Crippen LogP contribution in [-0.2, 0) is 4.79 Å². The first-order valence-electron chi connectivity index (χ1n) is 27.6. The van der Waals surface area contributed by atoms with E-state index in [0.717, 1.165) is 0 Å². The van der Waals surface area contributed by atoms with E-state index < -0.39 is 7.92 Å². The maximum Gasteiger partial charge on any atom is 0.134 e. The normalized spacial score (nSPS) is 16.7. The first-order chi connectivity index (χ1) is 36.5. The summed E-state index contributed by atoms with van der Waals surface area (Å²) in [6.45, 7) is 18.9. The van der Waals surface area contributed by atoms with E-state index in [1.807, 2.05) is 0 Å². The molecule has 0 amide bonds. The Balaban J connectivity index is 1.36. The summed E-state index contributed by atoms with van der Waals surface area (Å²) in [7, 11) is -1.19. The molecule has 1 heterocycles. The van der Waals surface area contributed by atoms with Gasteiger partial charge in [0, 0.05) is 36.0 Å². The van der Waals surface area contributed by atoms with E-state index in [-0.39, 0.29) is 23.2 Å². The predicted octanol–water partition coefficient (Wildman–Crippen LogP) is 19.8. The average molecular weight is 997 g/mol. The van der Waals surface area contributed by atoms with Crippen molar-refractivity contribution in [2.75, 3.05) is 0 Å². The molecule has 75 heavy (non-hydrogen) atoms. The maximum atomic E-state index is 15.0. The summed E-state index contributed by atoms with van der Waals surface area (Å²) in [6, 6.07) is 84.3. The van der Waals surface area contributed by atoms with E-state index in [4.69, 9.17) is 0 Å². The molecule has 1 saturated heterocycles. The highest BCUT2D eigenvalue weighted by Gasteiger charge is 2.44. The van der Waals surface area contributed by atoms with Gasteiger partial charge in [-0.2, -0.15) is 0 Å². The zero-order chi connectivity index (χ0) is 52.2. The highest BCUT2D eigenvalue weighted by Crippen LogP contribution is 2.68. The van der Waals surface area contributed by atoms with Gasteiger partial charge in [0.25, 0.3) is 0 Å². The average Bonchev–Trinajstić information content (AvgIpc) is 3.46. The van der Waals surface area contributed by atoms with Crippen molar-refractivity contribution >= 4 is 19.0 Å². The minimum Gasteiger partial charge on any atom is -0.300 e. The molecular formula is C73H73OP. The number of hydrogen-bond donors (Lipinski definition) is 0. The molecule has 0 bridgehead atoms. The van der Waals surface area contributed by atoms with E-state index in [0.29, 0.717) is 42.3 Å². The lowest BCUT2D eigenvalue weighted by Gasteiger charge is -2.43. The SMILES string of the molecule is CC(C)c1cccc(C(C)C)c1C(c1ccccc1)c1cccc(C(c2ccccc2)c2c(C(C)C)cccc2C(C)C)c1P1C(c2ccc(-c3ccccc3)cc2)CC(=O)CC1c1ccc(-c2ccccc2)cc1. The van der Waals surface area contributed by atoms with Crippen LogP contribution in [0.15, 0.2) is 224 Å². The highest BCUT2D eigenvalue weighted by atomic mass is 31.1. The third-order valence-corrected chi connectivity index (χ3v) is 19.3. The lowest BCUT2D eigenvalue weighted by atomic mass is 9.73. The van der Waals surface area contributed by atoms with Gasteiger partial charge >= 0.3 is 0 Å². The molecule has 0 aliphatic carbocycles. The highest BCUT2D eigenvalue weighted by molar-refractivity contribution is 7.66. The molecule has 0 radical (unpaired) electrons. The number of rotatable bonds is 15. The molecular weight excluding hydrogens is 924 g/mol. The Morgan fingerprint density at radius 1 is 0.320 bits per heavy atom. The molecule has 4 atom stereocenters. The lowest BCUT2D eigenvalue weighted by Crippen LogP contribution is -2.30. The van der Waals surface area contributed by atoms with Crippen molar-refractivity contribution in [3.8, 4) is 22.3 Å². The van der Waals surface area contributed by atoms with Gasteiger partial charge < -0.3 is 0 Å². The van der Waals surface area contributed by atoms with Crippen LogP contribution >= 0.6 is 7.92 Å². The summed E-state index contributed by atoms with van der Waals surface area (Å²) in [5.74, 6) is 1.35. The fourth-order valence-electron chi connectivity index (χ4n) is 12.4. The summed E-state index contributed by atoms with van der Waals surface area (Å²) >= 11 is 0. The van der Waals surface area contributed by atoms with Gasteiger partial charge in [-0.3, -0.25) is 4.79 Å². The quantitative estimate of drug-likeness (QED) is 0.0739. The Morgan fingerprint density at radius 2 is 0.600 bits per heavy atom. The molecule has 9 aromatic carbocycles. The molecule has 0 N–H and O–H groups in total. The third kappa shape index (κ3) is 10.7. The first kappa shape index (κ1) is 51.6. The predicted molar refractivity (Wildman–Crippen MR) is 320 cm³/mol. The number of ketones is 1. The second kappa shape index (κ2) is 22.9. The van der Waals surface area contributed by atoms with E-state index in [2.05, 4.69) is 280 Å². The molecule has 0 spiro atoms. The van der Waals surface area contributed by atoms with Crippen molar-refractivity contribution in [3.05, 3.63) is 291 Å². The van der Waals surface area contributed by atoms with E-state index >= 15 is 0 Å². The van der Waals surface area contributed by atoms with Gasteiger partial charge in [-0.1, -0.05) is 288 Å². The van der Waals surface area contributed by atoms with Gasteiger partial charge in [0.15, 0.2) is 0 Å². The summed E-state index contributed by atoms with van der Waals surface area (Å²) in [4.78, 5) is 15.0. The molecule has 4 unspecified atom stereocenters. The molecule has 10 rings (SSSR count). The fraction of sp³-hybridized carbons (Fsp3) is 0.247. The Hall–Kier alpha value is -6.92. The van der Waals surface area contributed by atoms with E-state index in [9.17, 15) is 4.79 Å². The van der Waals surface area contributed by atoms with Gasteiger partial charge in [-0.05, 0) is 118 Å². The van der Waals surface area contributed by atoms with Crippen LogP contribution in [0.25, 0.3) is 22.3 Å². The minimum atomic E-state index is -1.19. The standard InChI is InChI=1S/C73H73OP/c1-48(2)61-32-21-33-62(49(3)4)71(61)69(58-28-17-11-18-29-58)65-36-23-37-66(70(59-30-19-12-20-31-59)72-63(50(5)6)34-22-35-64(72)51(7)8)73(65)75-67(56-42-38-54(39-43-56)52-24-13-9-14-25-52)46-60(74)47-68(75)57-44-40-55(41-45-57)53-26-15-10-16-27-53/h9-45,48-51,67-70H,46-47H2,1-8H3. The molecule has 1 aliphatic rings. The van der Waals surface area contributed by atoms with Crippen LogP contribution in [0, 0.1) is 0 Å². The van der Waals surface area contributed by atoms with Crippen molar-refractivity contribution in [2.24, 2.45) is 0 Å². The van der Waals surface area contributed by atoms with Crippen LogP contribution in [0.3, 0.4) is 0 Å². The zero-order valence-corrected chi connectivity index (χ0v) is 46.1. The van der Waals surface area contributed by atoms with Crippen LogP contribution in [0.4, 0.5) is 0 Å².